The number of hydrazone groups is 1. The summed E-state index contributed by atoms with van der Waals surface area (Å²) in [5.74, 6) is 0.879. The van der Waals surface area contributed by atoms with Crippen LogP contribution in [0.15, 0.2) is 5.10 Å². The number of nitrogens with zero attached hydrogens (tertiary/aromatic N) is 2. The Kier molecular flexibility index (Phi) is 1.90. The van der Waals surface area contributed by atoms with Crippen LogP contribution in [0.3, 0.4) is 0 Å². The molecule has 3 heteroatoms. The molecular formula is C10H16N2O. The summed E-state index contributed by atoms with van der Waals surface area (Å²) in [7, 11) is 0. The number of carbonyl (C=O) groups is 1. The van der Waals surface area contributed by atoms with Crippen LogP contribution in [0.1, 0.15) is 33.6 Å². The fourth-order valence-electron chi connectivity index (χ4n) is 1.75. The lowest BCUT2D eigenvalue weighted by Crippen LogP contribution is -2.34. The number of hydrogen-bond donors (Lipinski definition) is 0. The summed E-state index contributed by atoms with van der Waals surface area (Å²) in [5.41, 5.74) is 0.956. The van der Waals surface area contributed by atoms with Gasteiger partial charge in [-0.2, -0.15) is 5.10 Å². The zero-order valence-corrected chi connectivity index (χ0v) is 8.45. The van der Waals surface area contributed by atoms with E-state index in [1.807, 2.05) is 13.8 Å². The van der Waals surface area contributed by atoms with Crippen LogP contribution in [0.2, 0.25) is 0 Å². The van der Waals surface area contributed by atoms with Crippen LogP contribution < -0.4 is 0 Å². The molecule has 1 fully saturated rings. The highest BCUT2D eigenvalue weighted by atomic mass is 16.2. The van der Waals surface area contributed by atoms with Crippen LogP contribution in [0.4, 0.5) is 0 Å². The van der Waals surface area contributed by atoms with E-state index in [9.17, 15) is 4.79 Å². The summed E-state index contributed by atoms with van der Waals surface area (Å²) < 4.78 is 0. The predicted octanol–water partition coefficient (Wildman–Crippen LogP) is 1.64. The molecule has 0 aromatic heterocycles. The van der Waals surface area contributed by atoms with Gasteiger partial charge in [-0.3, -0.25) is 4.79 Å². The van der Waals surface area contributed by atoms with E-state index in [0.717, 1.165) is 5.71 Å². The number of carbonyl (C=O) groups excluding carboxylic acids is 1. The molecule has 1 heterocycles. The van der Waals surface area contributed by atoms with E-state index in [-0.39, 0.29) is 11.8 Å². The fourth-order valence-corrected chi connectivity index (χ4v) is 1.75. The van der Waals surface area contributed by atoms with Crippen LogP contribution in [-0.2, 0) is 4.79 Å². The van der Waals surface area contributed by atoms with E-state index in [1.54, 1.807) is 5.01 Å². The lowest BCUT2D eigenvalue weighted by Gasteiger charge is -2.20. The first-order chi connectivity index (χ1) is 6.11. The molecule has 72 valence electrons. The molecule has 2 aliphatic rings. The van der Waals surface area contributed by atoms with Crippen LogP contribution in [0, 0.1) is 11.8 Å². The van der Waals surface area contributed by atoms with E-state index < -0.39 is 0 Å². The molecule has 1 saturated carbocycles. The third-order valence-corrected chi connectivity index (χ3v) is 3.18. The first kappa shape index (κ1) is 8.73. The Balaban J connectivity index is 2.11. The normalized spacial score (nSPS) is 30.7. The molecule has 0 bridgehead atoms. The fraction of sp³-hybridized carbons (Fsp3) is 0.800. The minimum absolute atomic E-state index is 0.00111. The monoisotopic (exact) mass is 180 g/mol. The zero-order chi connectivity index (χ0) is 9.59. The Morgan fingerprint density at radius 1 is 1.54 bits per heavy atom. The molecule has 1 amide bonds. The maximum Gasteiger partial charge on any atom is 0.251 e. The summed E-state index contributed by atoms with van der Waals surface area (Å²) >= 11 is 0. The van der Waals surface area contributed by atoms with Crippen molar-refractivity contribution in [3.05, 3.63) is 0 Å². The maximum absolute atomic E-state index is 11.7. The van der Waals surface area contributed by atoms with Gasteiger partial charge in [-0.25, -0.2) is 5.01 Å². The highest BCUT2D eigenvalue weighted by Gasteiger charge is 2.39. The average molecular weight is 180 g/mol. The van der Waals surface area contributed by atoms with Gasteiger partial charge in [0.2, 0.25) is 0 Å². The van der Waals surface area contributed by atoms with E-state index >= 15 is 0 Å². The van der Waals surface area contributed by atoms with Gasteiger partial charge in [0.1, 0.15) is 0 Å². The van der Waals surface area contributed by atoms with Crippen molar-refractivity contribution in [3.63, 3.8) is 0 Å². The van der Waals surface area contributed by atoms with Crippen LogP contribution in [-0.4, -0.2) is 22.7 Å². The molecule has 13 heavy (non-hydrogen) atoms. The molecule has 0 spiro atoms. The molecule has 0 saturated heterocycles. The van der Waals surface area contributed by atoms with Gasteiger partial charge in [0.05, 0.1) is 12.0 Å². The molecule has 1 aliphatic carbocycles. The molecule has 0 N–H and O–H groups in total. The molecule has 1 aliphatic heterocycles. The summed E-state index contributed by atoms with van der Waals surface area (Å²) in [5, 5.41) is 6.00. The SMILES string of the molecule is CC1=NN(C(C)C2CC2)C(=O)C1C. The van der Waals surface area contributed by atoms with Gasteiger partial charge in [0.15, 0.2) is 0 Å². The first-order valence-electron chi connectivity index (χ1n) is 4.99. The standard InChI is InChI=1S/C10H16N2O/c1-6-7(2)11-12(10(6)13)8(3)9-4-5-9/h6,8-9H,4-5H2,1-3H3. The largest absolute Gasteiger partial charge is 0.272 e. The van der Waals surface area contributed by atoms with Crippen molar-refractivity contribution in [2.75, 3.05) is 0 Å². The van der Waals surface area contributed by atoms with E-state index in [4.69, 9.17) is 0 Å². The van der Waals surface area contributed by atoms with Crippen molar-refractivity contribution in [1.29, 1.82) is 0 Å². The number of hydrogen-bond acceptors (Lipinski definition) is 2. The van der Waals surface area contributed by atoms with Gasteiger partial charge in [0.25, 0.3) is 5.91 Å². The quantitative estimate of drug-likeness (QED) is 0.635. The second kappa shape index (κ2) is 2.82. The Morgan fingerprint density at radius 3 is 2.54 bits per heavy atom. The van der Waals surface area contributed by atoms with E-state index in [2.05, 4.69) is 12.0 Å². The Bertz CT molecular complexity index is 268. The molecule has 0 aromatic carbocycles. The van der Waals surface area contributed by atoms with E-state index in [0.29, 0.717) is 12.0 Å². The van der Waals surface area contributed by atoms with Crippen LogP contribution >= 0.6 is 0 Å². The Labute approximate surface area is 78.8 Å². The predicted molar refractivity (Wildman–Crippen MR) is 51.3 cm³/mol. The van der Waals surface area contributed by atoms with E-state index in [1.165, 1.54) is 12.8 Å². The lowest BCUT2D eigenvalue weighted by atomic mass is 10.1. The molecule has 2 rings (SSSR count). The topological polar surface area (TPSA) is 32.7 Å². The minimum atomic E-state index is 0.00111. The molecule has 3 nitrogen and oxygen atoms in total. The zero-order valence-electron chi connectivity index (χ0n) is 8.45. The summed E-state index contributed by atoms with van der Waals surface area (Å²) in [6.45, 7) is 5.97. The highest BCUT2D eigenvalue weighted by molar-refractivity contribution is 6.06. The minimum Gasteiger partial charge on any atom is -0.272 e. The Hall–Kier alpha value is -0.860. The van der Waals surface area contributed by atoms with Crippen molar-refractivity contribution in [2.45, 2.75) is 39.7 Å². The first-order valence-corrected chi connectivity index (χ1v) is 4.99. The lowest BCUT2D eigenvalue weighted by molar-refractivity contribution is -0.133. The maximum atomic E-state index is 11.7. The van der Waals surface area contributed by atoms with Gasteiger partial charge in [-0.15, -0.1) is 0 Å². The van der Waals surface area contributed by atoms with Crippen molar-refractivity contribution in [2.24, 2.45) is 16.9 Å². The molecular weight excluding hydrogens is 164 g/mol. The van der Waals surface area contributed by atoms with Gasteiger partial charge < -0.3 is 0 Å². The van der Waals surface area contributed by atoms with Crippen molar-refractivity contribution >= 4 is 11.6 Å². The van der Waals surface area contributed by atoms with Crippen molar-refractivity contribution < 1.29 is 4.79 Å². The second-order valence-corrected chi connectivity index (χ2v) is 4.22. The third-order valence-electron chi connectivity index (χ3n) is 3.18. The summed E-state index contributed by atoms with van der Waals surface area (Å²) in [6, 6.07) is 0.312. The highest BCUT2D eigenvalue weighted by Crippen LogP contribution is 2.36. The average Bonchev–Trinajstić information content (AvgIpc) is 2.89. The Morgan fingerprint density at radius 2 is 2.15 bits per heavy atom. The van der Waals surface area contributed by atoms with Gasteiger partial charge in [0, 0.05) is 5.71 Å². The smallest absolute Gasteiger partial charge is 0.251 e. The van der Waals surface area contributed by atoms with Crippen LogP contribution in [0.25, 0.3) is 0 Å². The third kappa shape index (κ3) is 1.36. The van der Waals surface area contributed by atoms with Gasteiger partial charge in [-0.05, 0) is 39.5 Å². The number of rotatable bonds is 2. The molecule has 0 radical (unpaired) electrons. The molecule has 2 unspecified atom stereocenters. The molecule has 2 atom stereocenters. The second-order valence-electron chi connectivity index (χ2n) is 4.22. The van der Waals surface area contributed by atoms with Gasteiger partial charge >= 0.3 is 0 Å². The van der Waals surface area contributed by atoms with Crippen molar-refractivity contribution in [3.8, 4) is 0 Å². The van der Waals surface area contributed by atoms with Crippen molar-refractivity contribution in [1.82, 2.24) is 5.01 Å². The summed E-state index contributed by atoms with van der Waals surface area (Å²) in [4.78, 5) is 11.7. The van der Waals surface area contributed by atoms with Crippen LogP contribution in [0.5, 0.6) is 0 Å². The number of amides is 1. The summed E-state index contributed by atoms with van der Waals surface area (Å²) in [6.07, 6.45) is 2.52. The molecule has 0 aromatic rings. The van der Waals surface area contributed by atoms with Gasteiger partial charge in [-0.1, -0.05) is 0 Å².